The molecule has 4 unspecified atom stereocenters. The normalized spacial score (nSPS) is 31.0. The SMILES string of the molecule is [2H]C([2H])([2H])CC(=O)c1cnc(NC(=O)C2CC2)cc1NC1NCCC2C1N(C)C(C)C1=C(C)NNN12. The molecule has 4 heterocycles. The van der Waals surface area contributed by atoms with Crippen molar-refractivity contribution in [1.29, 1.82) is 0 Å². The molecule has 0 radical (unpaired) electrons. The van der Waals surface area contributed by atoms with Gasteiger partial charge in [0, 0.05) is 34.4 Å². The maximum Gasteiger partial charge on any atom is 0.228 e. The molecule has 5 rings (SSSR count). The van der Waals surface area contributed by atoms with Crippen molar-refractivity contribution >= 4 is 23.2 Å². The van der Waals surface area contributed by atoms with Gasteiger partial charge in [-0.25, -0.2) is 4.98 Å². The number of carbonyl (C=O) groups is 2. The molecule has 33 heavy (non-hydrogen) atoms. The van der Waals surface area contributed by atoms with Crippen LogP contribution in [0, 0.1) is 5.92 Å². The quantitative estimate of drug-likeness (QED) is 0.404. The first-order chi connectivity index (χ1) is 17.0. The van der Waals surface area contributed by atoms with Crippen molar-refractivity contribution < 1.29 is 13.7 Å². The summed E-state index contributed by atoms with van der Waals surface area (Å²) in [5.74, 6) is -0.266. The van der Waals surface area contributed by atoms with Gasteiger partial charge in [0.2, 0.25) is 5.91 Å². The smallest absolute Gasteiger partial charge is 0.228 e. The van der Waals surface area contributed by atoms with E-state index in [0.717, 1.165) is 31.5 Å². The molecule has 2 saturated heterocycles. The minimum Gasteiger partial charge on any atom is -0.368 e. The number of hydrogen-bond donors (Lipinski definition) is 5. The molecule has 1 amide bonds. The molecule has 4 aliphatic rings. The molecular weight excluding hydrogens is 420 g/mol. The Morgan fingerprint density at radius 1 is 1.33 bits per heavy atom. The lowest BCUT2D eigenvalue weighted by Gasteiger charge is -2.54. The van der Waals surface area contributed by atoms with E-state index in [4.69, 9.17) is 4.11 Å². The highest BCUT2D eigenvalue weighted by Gasteiger charge is 2.49. The Labute approximate surface area is 198 Å². The van der Waals surface area contributed by atoms with Crippen molar-refractivity contribution in [3.63, 3.8) is 0 Å². The standard InChI is InChI=1S/C23H34N8O2/c1-5-18(32)15-11-25-19(27-23(33)14-6-7-14)10-16(15)26-22-21-17(8-9-24-22)31-20(12(2)28-29-31)13(3)30(21)4/h10-11,13-14,17,21-22,24,28-29H,5-9H2,1-4H3,(H2,25,26,27,33)/i1D3. The number of hydrazine groups is 2. The van der Waals surface area contributed by atoms with Gasteiger partial charge >= 0.3 is 0 Å². The molecule has 178 valence electrons. The Morgan fingerprint density at radius 2 is 2.15 bits per heavy atom. The summed E-state index contributed by atoms with van der Waals surface area (Å²) in [4.78, 5) is 31.9. The molecule has 1 aromatic heterocycles. The zero-order valence-corrected chi connectivity index (χ0v) is 19.2. The number of rotatable bonds is 6. The van der Waals surface area contributed by atoms with Crippen LogP contribution in [0.15, 0.2) is 23.7 Å². The summed E-state index contributed by atoms with van der Waals surface area (Å²) < 4.78 is 22.7. The topological polar surface area (TPSA) is 114 Å². The van der Waals surface area contributed by atoms with E-state index >= 15 is 0 Å². The van der Waals surface area contributed by atoms with Crippen LogP contribution in [0.5, 0.6) is 0 Å². The molecular formula is C23H34N8O2. The number of allylic oxidation sites excluding steroid dienone is 1. The minimum absolute atomic E-state index is 0.00509. The Hall–Kier alpha value is -2.69. The second kappa shape index (κ2) is 8.58. The van der Waals surface area contributed by atoms with Gasteiger partial charge in [-0.2, -0.15) is 0 Å². The second-order valence-corrected chi connectivity index (χ2v) is 9.36. The number of likely N-dealkylation sites (N-methyl/N-ethyl adjacent to an activating group) is 1. The lowest BCUT2D eigenvalue weighted by Crippen LogP contribution is -2.72. The number of nitrogens with one attached hydrogen (secondary N) is 5. The number of piperazine rings is 1. The molecule has 4 atom stereocenters. The highest BCUT2D eigenvalue weighted by Crippen LogP contribution is 2.36. The number of piperidine rings is 1. The fourth-order valence-corrected chi connectivity index (χ4v) is 5.20. The van der Waals surface area contributed by atoms with Crippen molar-refractivity contribution in [3.05, 3.63) is 29.2 Å². The summed E-state index contributed by atoms with van der Waals surface area (Å²) in [6.45, 7) is 2.57. The largest absolute Gasteiger partial charge is 0.368 e. The average molecular weight is 458 g/mol. The van der Waals surface area contributed by atoms with Crippen molar-refractivity contribution in [2.75, 3.05) is 24.2 Å². The predicted octanol–water partition coefficient (Wildman–Crippen LogP) is 1.38. The number of aromatic nitrogens is 1. The monoisotopic (exact) mass is 457 g/mol. The molecule has 10 nitrogen and oxygen atoms in total. The zero-order valence-electron chi connectivity index (χ0n) is 22.2. The van der Waals surface area contributed by atoms with Crippen molar-refractivity contribution in [3.8, 4) is 0 Å². The first kappa shape index (κ1) is 18.7. The molecule has 3 fully saturated rings. The number of pyridine rings is 1. The van der Waals surface area contributed by atoms with Crippen molar-refractivity contribution in [1.82, 2.24) is 31.2 Å². The summed E-state index contributed by atoms with van der Waals surface area (Å²) in [5, 5.41) is 12.0. The first-order valence-electron chi connectivity index (χ1n) is 13.1. The molecule has 0 bridgehead atoms. The van der Waals surface area contributed by atoms with Crippen molar-refractivity contribution in [2.45, 2.75) is 70.7 Å². The van der Waals surface area contributed by atoms with Gasteiger partial charge in [-0.05, 0) is 46.7 Å². The zero-order chi connectivity index (χ0) is 25.8. The number of hydrogen-bond acceptors (Lipinski definition) is 9. The molecule has 1 saturated carbocycles. The molecule has 0 aromatic carbocycles. The Morgan fingerprint density at radius 3 is 2.91 bits per heavy atom. The predicted molar refractivity (Wildman–Crippen MR) is 126 cm³/mol. The van der Waals surface area contributed by atoms with Crippen molar-refractivity contribution in [2.24, 2.45) is 5.92 Å². The van der Waals surface area contributed by atoms with Crippen LogP contribution in [-0.2, 0) is 4.79 Å². The molecule has 1 aliphatic carbocycles. The van der Waals surface area contributed by atoms with Crippen LogP contribution in [0.3, 0.4) is 0 Å². The minimum atomic E-state index is -2.39. The highest BCUT2D eigenvalue weighted by atomic mass is 16.2. The van der Waals surface area contributed by atoms with E-state index in [1.54, 1.807) is 6.07 Å². The van der Waals surface area contributed by atoms with Crippen LogP contribution in [-0.4, -0.2) is 64.5 Å². The summed E-state index contributed by atoms with van der Waals surface area (Å²) in [6, 6.07) is 1.96. The fraction of sp³-hybridized carbons (Fsp3) is 0.609. The van der Waals surface area contributed by atoms with Crippen LogP contribution in [0.4, 0.5) is 11.5 Å². The number of amides is 1. The average Bonchev–Trinajstić information content (AvgIpc) is 3.58. The third-order valence-electron chi connectivity index (χ3n) is 7.23. The number of carbonyl (C=O) groups excluding carboxylic acids is 2. The molecule has 5 N–H and O–H groups in total. The van der Waals surface area contributed by atoms with Crippen LogP contribution in [0.2, 0.25) is 0 Å². The van der Waals surface area contributed by atoms with E-state index in [0.29, 0.717) is 11.5 Å². The fourth-order valence-electron chi connectivity index (χ4n) is 5.20. The van der Waals surface area contributed by atoms with Crippen LogP contribution < -0.4 is 26.9 Å². The maximum absolute atomic E-state index is 13.0. The van der Waals surface area contributed by atoms with E-state index in [-0.39, 0.29) is 41.7 Å². The molecule has 1 aromatic rings. The summed E-state index contributed by atoms with van der Waals surface area (Å²) in [5.41, 5.74) is 9.49. The van der Waals surface area contributed by atoms with Crippen LogP contribution in [0.25, 0.3) is 0 Å². The number of fused-ring (bicyclic) bond motifs is 3. The lowest BCUT2D eigenvalue weighted by molar-refractivity contribution is -0.117. The summed E-state index contributed by atoms with van der Waals surface area (Å²) in [6.07, 6.45) is 3.17. The third kappa shape index (κ3) is 3.96. The van der Waals surface area contributed by atoms with E-state index in [2.05, 4.69) is 62.7 Å². The first-order valence-corrected chi connectivity index (χ1v) is 11.6. The van der Waals surface area contributed by atoms with E-state index in [1.165, 1.54) is 11.9 Å². The number of nitrogens with zero attached hydrogens (tertiary/aromatic N) is 3. The lowest BCUT2D eigenvalue weighted by atomic mass is 9.89. The van der Waals surface area contributed by atoms with E-state index in [1.807, 2.05) is 0 Å². The Balaban J connectivity index is 1.44. The number of anilines is 2. The summed E-state index contributed by atoms with van der Waals surface area (Å²) >= 11 is 0. The van der Waals surface area contributed by atoms with Gasteiger partial charge in [-0.3, -0.25) is 24.8 Å². The third-order valence-corrected chi connectivity index (χ3v) is 7.23. The van der Waals surface area contributed by atoms with E-state index in [9.17, 15) is 9.59 Å². The van der Waals surface area contributed by atoms with Gasteiger partial charge in [0.05, 0.1) is 41.2 Å². The Bertz CT molecular complexity index is 1090. The van der Waals surface area contributed by atoms with E-state index < -0.39 is 19.1 Å². The van der Waals surface area contributed by atoms with Gasteiger partial charge in [0.25, 0.3) is 0 Å². The summed E-state index contributed by atoms with van der Waals surface area (Å²) in [7, 11) is 2.09. The highest BCUT2D eigenvalue weighted by molar-refractivity contribution is 6.02. The molecule has 10 heteroatoms. The Kier molecular flexibility index (Phi) is 4.87. The maximum atomic E-state index is 13.0. The van der Waals surface area contributed by atoms with Gasteiger partial charge in [0.1, 0.15) is 5.82 Å². The molecule has 3 aliphatic heterocycles. The van der Waals surface area contributed by atoms with Gasteiger partial charge in [-0.15, -0.1) is 5.53 Å². The van der Waals surface area contributed by atoms with Gasteiger partial charge in [0.15, 0.2) is 5.78 Å². The van der Waals surface area contributed by atoms with Crippen LogP contribution >= 0.6 is 0 Å². The van der Waals surface area contributed by atoms with Gasteiger partial charge < -0.3 is 16.1 Å². The second-order valence-electron chi connectivity index (χ2n) is 9.36. The number of Topliss-reactive ketones (excluding diaryl/α,β-unsaturated/α-hetero) is 1. The molecule has 0 spiro atoms. The number of ketones is 1. The van der Waals surface area contributed by atoms with Gasteiger partial charge in [-0.1, -0.05) is 6.85 Å². The van der Waals surface area contributed by atoms with Crippen LogP contribution in [0.1, 0.15) is 60.9 Å².